The third-order valence-electron chi connectivity index (χ3n) is 2.78. The smallest absolute Gasteiger partial charge is 0.336 e. The summed E-state index contributed by atoms with van der Waals surface area (Å²) in [5.74, 6) is -1.46. The molecule has 0 aromatic heterocycles. The molecule has 0 spiro atoms. The van der Waals surface area contributed by atoms with Gasteiger partial charge < -0.3 is 10.8 Å². The van der Waals surface area contributed by atoms with Gasteiger partial charge in [-0.1, -0.05) is 11.8 Å². The van der Waals surface area contributed by atoms with Crippen molar-refractivity contribution < 1.29 is 19.7 Å². The van der Waals surface area contributed by atoms with E-state index in [1.165, 1.54) is 11.8 Å². The topological polar surface area (TPSA) is 197 Å². The molecule has 0 saturated carbocycles. The molecule has 2 aromatic rings. The number of non-ortho nitro benzene ring substituents is 2. The summed E-state index contributed by atoms with van der Waals surface area (Å²) < 4.78 is 0. The maximum Gasteiger partial charge on any atom is 0.336 e. The largest absolute Gasteiger partial charge is 0.478 e. The van der Waals surface area contributed by atoms with E-state index in [0.717, 1.165) is 17.0 Å². The molecule has 2 rings (SSSR count). The van der Waals surface area contributed by atoms with Crippen LogP contribution in [0.1, 0.15) is 15.9 Å². The van der Waals surface area contributed by atoms with Crippen LogP contribution in [-0.4, -0.2) is 26.1 Å². The van der Waals surface area contributed by atoms with E-state index in [0.29, 0.717) is 11.6 Å². The molecule has 0 radical (unpaired) electrons. The zero-order valence-corrected chi connectivity index (χ0v) is 14.2. The van der Waals surface area contributed by atoms with Crippen LogP contribution in [0.3, 0.4) is 0 Å². The number of nitro groups is 2. The van der Waals surface area contributed by atoms with E-state index in [1.807, 2.05) is 6.07 Å². The molecule has 2 aromatic carbocycles. The number of carbonyl (C=O) groups is 1. The molecule has 0 atom stereocenters. The highest BCUT2D eigenvalue weighted by Gasteiger charge is 2.19. The summed E-state index contributed by atoms with van der Waals surface area (Å²) in [6.07, 6.45) is 0. The average Bonchev–Trinajstić information content (AvgIpc) is 2.62. The molecular weight excluding hydrogens is 378 g/mol. The fourth-order valence-electron chi connectivity index (χ4n) is 1.65. The summed E-state index contributed by atoms with van der Waals surface area (Å²) in [5.41, 5.74) is 4.05. The molecule has 0 unspecified atom stereocenters. The van der Waals surface area contributed by atoms with Crippen molar-refractivity contribution in [3.05, 3.63) is 73.8 Å². The number of carboxylic acid groups (broad SMARTS) is 1. The minimum absolute atomic E-state index is 0.0553. The number of nitro benzene ring substituents is 2. The first kappa shape index (κ1) is 21.1. The van der Waals surface area contributed by atoms with E-state index >= 15 is 0 Å². The number of nitrogens with one attached hydrogen (secondary N) is 1. The number of nitrogens with two attached hydrogens (primary N) is 1. The Morgan fingerprint density at radius 3 is 1.93 bits per heavy atom. The fraction of sp³-hybridized carbons (Fsp3) is 0. The normalized spacial score (nSPS) is 9.30. The molecule has 0 aliphatic heterocycles. The lowest BCUT2D eigenvalue weighted by Gasteiger charge is -1.96. The van der Waals surface area contributed by atoms with Gasteiger partial charge in [0.25, 0.3) is 11.4 Å². The maximum atomic E-state index is 10.5. The van der Waals surface area contributed by atoms with Gasteiger partial charge >= 0.3 is 5.97 Å². The lowest BCUT2D eigenvalue weighted by molar-refractivity contribution is -0.394. The van der Waals surface area contributed by atoms with Crippen LogP contribution < -0.4 is 5.73 Å². The maximum absolute atomic E-state index is 10.5. The molecule has 138 valence electrons. The third-order valence-corrected chi connectivity index (χ3v) is 3.51. The Hall–Kier alpha value is -3.98. The van der Waals surface area contributed by atoms with E-state index in [9.17, 15) is 25.0 Å². The number of thioether (sulfide) groups is 1. The van der Waals surface area contributed by atoms with Crippen LogP contribution in [0.5, 0.6) is 0 Å². The summed E-state index contributed by atoms with van der Waals surface area (Å²) in [7, 11) is 0. The van der Waals surface area contributed by atoms with Crippen molar-refractivity contribution in [1.82, 2.24) is 0 Å². The van der Waals surface area contributed by atoms with Crippen LogP contribution >= 0.6 is 11.8 Å². The van der Waals surface area contributed by atoms with Crippen molar-refractivity contribution in [2.24, 2.45) is 5.73 Å². The van der Waals surface area contributed by atoms with Gasteiger partial charge in [-0.15, -0.1) is 0 Å². The fourth-order valence-corrected chi connectivity index (χ4v) is 2.18. The predicted molar refractivity (Wildman–Crippen MR) is 95.6 cm³/mol. The number of hydrogen-bond acceptors (Lipinski definition) is 8. The summed E-state index contributed by atoms with van der Waals surface area (Å²) in [4.78, 5) is 30.3. The van der Waals surface area contributed by atoms with Gasteiger partial charge in [0, 0.05) is 17.0 Å². The average molecular weight is 389 g/mol. The molecule has 0 fully saturated rings. The highest BCUT2D eigenvalue weighted by atomic mass is 32.2. The molecule has 11 nitrogen and oxygen atoms in total. The number of nitriles is 1. The summed E-state index contributed by atoms with van der Waals surface area (Å²) in [6, 6.07) is 11.2. The lowest BCUT2D eigenvalue weighted by atomic mass is 10.2. The first-order chi connectivity index (χ1) is 12.6. The summed E-state index contributed by atoms with van der Waals surface area (Å²) >= 11 is 1.17. The van der Waals surface area contributed by atoms with E-state index in [1.54, 1.807) is 24.3 Å². The van der Waals surface area contributed by atoms with Gasteiger partial charge in [-0.05, 0) is 24.3 Å². The number of aromatic carboxylic acids is 1. The second-order valence-electron chi connectivity index (χ2n) is 4.66. The monoisotopic (exact) mass is 389 g/mol. The van der Waals surface area contributed by atoms with Crippen molar-refractivity contribution in [2.45, 2.75) is 4.90 Å². The quantitative estimate of drug-likeness (QED) is 0.231. The zero-order valence-electron chi connectivity index (χ0n) is 13.4. The van der Waals surface area contributed by atoms with Crippen LogP contribution in [0.4, 0.5) is 11.4 Å². The van der Waals surface area contributed by atoms with Gasteiger partial charge in [-0.2, -0.15) is 5.26 Å². The van der Waals surface area contributed by atoms with Crippen molar-refractivity contribution >= 4 is 34.3 Å². The molecule has 0 saturated heterocycles. The number of rotatable bonds is 4. The van der Waals surface area contributed by atoms with Crippen molar-refractivity contribution in [2.75, 3.05) is 0 Å². The summed E-state index contributed by atoms with van der Waals surface area (Å²) in [5, 5.41) is 44.8. The lowest BCUT2D eigenvalue weighted by Crippen LogP contribution is -2.02. The van der Waals surface area contributed by atoms with Crippen molar-refractivity contribution in [3.8, 4) is 6.07 Å². The van der Waals surface area contributed by atoms with Gasteiger partial charge in [0.15, 0.2) is 5.17 Å². The Kier molecular flexibility index (Phi) is 7.40. The van der Waals surface area contributed by atoms with Crippen LogP contribution in [0.25, 0.3) is 0 Å². The molecule has 0 aliphatic rings. The molecule has 4 N–H and O–H groups in total. The van der Waals surface area contributed by atoms with Gasteiger partial charge in [-0.3, -0.25) is 25.6 Å². The Bertz CT molecular complexity index is 860. The van der Waals surface area contributed by atoms with Gasteiger partial charge in [-0.25, -0.2) is 4.79 Å². The van der Waals surface area contributed by atoms with Crippen molar-refractivity contribution in [3.63, 3.8) is 0 Å². The van der Waals surface area contributed by atoms with Crippen LogP contribution in [0.15, 0.2) is 47.4 Å². The molecule has 0 heterocycles. The molecular formula is C15H11N5O6S. The standard InChI is InChI=1S/C8H7N3S.C7H4N2O6/c9-5-6-1-3-7(4-2-6)12-8(10)11;10-7(11)4-1-5(8(12)13)3-6(2-4)9(14)15/h1-4H,(H3,10,11);1-3H,(H,10,11). The second-order valence-corrected chi connectivity index (χ2v) is 5.78. The minimum atomic E-state index is -1.46. The zero-order chi connectivity index (χ0) is 20.6. The molecule has 0 aliphatic carbocycles. The van der Waals surface area contributed by atoms with E-state index < -0.39 is 32.8 Å². The predicted octanol–water partition coefficient (Wildman–Crippen LogP) is 2.75. The Morgan fingerprint density at radius 2 is 1.59 bits per heavy atom. The molecule has 12 heteroatoms. The second kappa shape index (κ2) is 9.49. The van der Waals surface area contributed by atoms with Gasteiger partial charge in [0.05, 0.1) is 33.1 Å². The molecule has 0 amide bonds. The van der Waals surface area contributed by atoms with Gasteiger partial charge in [0.1, 0.15) is 0 Å². The molecule has 0 bridgehead atoms. The van der Waals surface area contributed by atoms with Crippen LogP contribution in [-0.2, 0) is 0 Å². The number of amidine groups is 1. The third kappa shape index (κ3) is 6.80. The van der Waals surface area contributed by atoms with Crippen LogP contribution in [0.2, 0.25) is 0 Å². The number of carboxylic acids is 1. The number of hydrogen-bond donors (Lipinski definition) is 3. The first-order valence-corrected chi connectivity index (χ1v) is 7.65. The Morgan fingerprint density at radius 1 is 1.11 bits per heavy atom. The summed E-state index contributed by atoms with van der Waals surface area (Å²) in [6.45, 7) is 0. The number of benzene rings is 2. The SMILES string of the molecule is N#Cc1ccc(SC(=N)N)cc1.O=C(O)c1cc([N+](=O)[O-])cc([N+](=O)[O-])c1. The Labute approximate surface area is 155 Å². The van der Waals surface area contributed by atoms with Crippen LogP contribution in [0, 0.1) is 37.0 Å². The first-order valence-electron chi connectivity index (χ1n) is 6.83. The number of nitrogens with zero attached hydrogens (tertiary/aromatic N) is 3. The highest BCUT2D eigenvalue weighted by Crippen LogP contribution is 2.22. The van der Waals surface area contributed by atoms with E-state index in [4.69, 9.17) is 21.5 Å². The minimum Gasteiger partial charge on any atom is -0.478 e. The highest BCUT2D eigenvalue weighted by molar-refractivity contribution is 8.13. The van der Waals surface area contributed by atoms with Crippen molar-refractivity contribution in [1.29, 1.82) is 10.7 Å². The van der Waals surface area contributed by atoms with E-state index in [2.05, 4.69) is 0 Å². The Balaban J connectivity index is 0.000000277. The van der Waals surface area contributed by atoms with Gasteiger partial charge in [0.2, 0.25) is 0 Å². The van der Waals surface area contributed by atoms with E-state index in [-0.39, 0.29) is 5.17 Å². The molecule has 27 heavy (non-hydrogen) atoms.